The van der Waals surface area contributed by atoms with Crippen molar-refractivity contribution in [2.45, 2.75) is 26.4 Å². The topological polar surface area (TPSA) is 29.1 Å². The zero-order valence-electron chi connectivity index (χ0n) is 13.5. The third-order valence-electron chi connectivity index (χ3n) is 4.76. The minimum atomic E-state index is -4.53. The fourth-order valence-corrected chi connectivity index (χ4v) is 22.3. The van der Waals surface area contributed by atoms with Crippen molar-refractivity contribution in [2.75, 3.05) is 0 Å². The van der Waals surface area contributed by atoms with Crippen LogP contribution in [0.25, 0.3) is 11.1 Å². The minimum absolute atomic E-state index is 0.130. The van der Waals surface area contributed by atoms with Crippen molar-refractivity contribution in [1.82, 2.24) is 3.26 Å². The maximum absolute atomic E-state index is 11.9. The number of nitrogens with one attached hydrogen (secondary N) is 1. The molecule has 1 N–H and O–H groups in total. The number of halogens is 2. The van der Waals surface area contributed by atoms with Gasteiger partial charge in [0.2, 0.25) is 0 Å². The molecule has 121 valence electrons. The molecule has 1 aliphatic carbocycles. The van der Waals surface area contributed by atoms with E-state index in [0.29, 0.717) is 0 Å². The Labute approximate surface area is 146 Å². The predicted octanol–water partition coefficient (Wildman–Crippen LogP) is 3.91. The molecule has 0 fully saturated rings. The van der Waals surface area contributed by atoms with E-state index in [1.54, 1.807) is 0 Å². The molecule has 0 saturated carbocycles. The number of amides is 1. The van der Waals surface area contributed by atoms with E-state index in [4.69, 9.17) is 17.0 Å². The fraction of sp³-hybridized carbons (Fsp3) is 0.235. The van der Waals surface area contributed by atoms with Gasteiger partial charge in [-0.15, -0.1) is 0 Å². The van der Waals surface area contributed by atoms with Gasteiger partial charge in [-0.25, -0.2) is 0 Å². The predicted molar refractivity (Wildman–Crippen MR) is 98.7 cm³/mol. The van der Waals surface area contributed by atoms with Gasteiger partial charge >= 0.3 is 147 Å². The molecule has 6 heteroatoms. The van der Waals surface area contributed by atoms with Gasteiger partial charge in [-0.05, 0) is 0 Å². The van der Waals surface area contributed by atoms with Gasteiger partial charge in [0, 0.05) is 0 Å². The van der Waals surface area contributed by atoms with E-state index in [1.807, 2.05) is 12.1 Å². The second-order valence-corrected chi connectivity index (χ2v) is 46.3. The first-order valence-corrected chi connectivity index (χ1v) is 23.7. The van der Waals surface area contributed by atoms with Crippen LogP contribution >= 0.6 is 17.0 Å². The summed E-state index contributed by atoms with van der Waals surface area (Å²) in [5.74, 6) is -1.65. The molecule has 0 aromatic heterocycles. The Morgan fingerprint density at radius 3 is 2.39 bits per heavy atom. The summed E-state index contributed by atoms with van der Waals surface area (Å²) in [5, 5.41) is 0. The molecule has 0 spiro atoms. The van der Waals surface area contributed by atoms with Crippen molar-refractivity contribution in [2.24, 2.45) is 0 Å². The van der Waals surface area contributed by atoms with Crippen LogP contribution in [0.2, 0.25) is 13.1 Å². The Morgan fingerprint density at radius 2 is 1.74 bits per heavy atom. The summed E-state index contributed by atoms with van der Waals surface area (Å²) in [5.41, 5.74) is 4.97. The van der Waals surface area contributed by atoms with Crippen LogP contribution in [0.3, 0.4) is 0 Å². The van der Waals surface area contributed by atoms with Crippen LogP contribution in [-0.2, 0) is 27.1 Å². The van der Waals surface area contributed by atoms with Gasteiger partial charge in [-0.2, -0.15) is 0 Å². The number of carbonyl (C=O) groups is 1. The average Bonchev–Trinajstić information content (AvgIpc) is 2.84. The summed E-state index contributed by atoms with van der Waals surface area (Å²) in [6.45, 7) is 5.79. The fourth-order valence-electron chi connectivity index (χ4n) is 3.43. The summed E-state index contributed by atoms with van der Waals surface area (Å²) in [7, 11) is 14.4. The molecule has 0 saturated heterocycles. The SMILES string of the molecule is CC(=O)[NH][Zr]([Cl])([Cl])([c]1cccc2c1Cc1ccccc1-2)[SiH](C)C. The van der Waals surface area contributed by atoms with Gasteiger partial charge in [-0.1, -0.05) is 0 Å². The average molecular weight is 445 g/mol. The third-order valence-corrected chi connectivity index (χ3v) is 49.0. The number of fused-ring (bicyclic) bond motifs is 3. The molecule has 0 atom stereocenters. The molecule has 3 rings (SSSR count). The summed E-state index contributed by atoms with van der Waals surface area (Å²) >= 11 is -4.53. The molecule has 0 unspecified atom stereocenters. The molecule has 2 aromatic carbocycles. The van der Waals surface area contributed by atoms with Crippen LogP contribution in [0.5, 0.6) is 0 Å². The van der Waals surface area contributed by atoms with E-state index in [-0.39, 0.29) is 5.91 Å². The Hall–Kier alpha value is -0.410. The molecular weight excluding hydrogens is 424 g/mol. The molecule has 0 heterocycles. The van der Waals surface area contributed by atoms with Gasteiger partial charge < -0.3 is 0 Å². The molecule has 0 bridgehead atoms. The van der Waals surface area contributed by atoms with E-state index < -0.39 is 21.8 Å². The van der Waals surface area contributed by atoms with Gasteiger partial charge in [0.25, 0.3) is 0 Å². The van der Waals surface area contributed by atoms with Crippen molar-refractivity contribution < 1.29 is 20.6 Å². The normalized spacial score (nSPS) is 14.8. The Balaban J connectivity index is 2.25. The monoisotopic (exact) mass is 442 g/mol. The van der Waals surface area contributed by atoms with Gasteiger partial charge in [-0.3, -0.25) is 0 Å². The summed E-state index contributed by atoms with van der Waals surface area (Å²) in [4.78, 5) is 11.9. The summed E-state index contributed by atoms with van der Waals surface area (Å²) < 4.78 is 4.10. The van der Waals surface area contributed by atoms with Crippen molar-refractivity contribution in [3.8, 4) is 11.1 Å². The van der Waals surface area contributed by atoms with E-state index in [0.717, 1.165) is 9.69 Å². The van der Waals surface area contributed by atoms with E-state index >= 15 is 0 Å². The van der Waals surface area contributed by atoms with E-state index in [9.17, 15) is 4.79 Å². The first-order valence-electron chi connectivity index (χ1n) is 7.80. The Bertz CT molecular complexity index is 807. The number of rotatable bonds is 3. The van der Waals surface area contributed by atoms with Gasteiger partial charge in [0.1, 0.15) is 0 Å². The number of hydrogen-bond donors (Lipinski definition) is 1. The summed E-state index contributed by atoms with van der Waals surface area (Å²) in [6, 6.07) is 14.6. The van der Waals surface area contributed by atoms with Crippen LogP contribution < -0.4 is 6.53 Å². The standard InChI is InChI=1S/C13H9.C2H5NO.C2H7Si.2ClH.Zr/c1-3-7-12-10(5-1)9-11-6-2-4-8-13(11)12;1-2(3)4;1-3-2;;;/h1-5,7-8H,9H2;1H3,(H2,3,4);3H,1-2H3;2*1H;/q;;;;;+3/p-3. The summed E-state index contributed by atoms with van der Waals surface area (Å²) in [6.07, 6.45) is 0.839. The molecule has 1 amide bonds. The zero-order valence-corrected chi connectivity index (χ0v) is 18.6. The molecule has 1 aliphatic rings. The number of hydrogen-bond acceptors (Lipinski definition) is 1. The van der Waals surface area contributed by atoms with Crippen LogP contribution in [0.15, 0.2) is 42.5 Å². The second kappa shape index (κ2) is 5.84. The Kier molecular flexibility index (Phi) is 4.42. The van der Waals surface area contributed by atoms with Crippen LogP contribution in [0.1, 0.15) is 18.1 Å². The second-order valence-electron chi connectivity index (χ2n) is 6.58. The molecule has 2 nitrogen and oxygen atoms in total. The van der Waals surface area contributed by atoms with Crippen LogP contribution in [-0.4, -0.2) is 11.8 Å². The van der Waals surface area contributed by atoms with E-state index in [2.05, 4.69) is 46.7 Å². The first-order chi connectivity index (χ1) is 10.7. The molecule has 0 aliphatic heterocycles. The number of benzene rings is 2. The number of carbonyl (C=O) groups excluding carboxylic acids is 1. The molecule has 0 radical (unpaired) electrons. The van der Waals surface area contributed by atoms with Crippen LogP contribution in [0.4, 0.5) is 0 Å². The quantitative estimate of drug-likeness (QED) is 0.610. The van der Waals surface area contributed by atoms with Gasteiger partial charge in [0.05, 0.1) is 0 Å². The van der Waals surface area contributed by atoms with Gasteiger partial charge in [0.15, 0.2) is 0 Å². The molecule has 2 aromatic rings. The van der Waals surface area contributed by atoms with Crippen molar-refractivity contribution in [3.63, 3.8) is 0 Å². The first kappa shape index (κ1) is 17.4. The van der Waals surface area contributed by atoms with E-state index in [1.165, 1.54) is 29.2 Å². The molecular formula is C17H20Cl2NOSiZr. The maximum atomic E-state index is 11.9. The van der Waals surface area contributed by atoms with Crippen LogP contribution in [0, 0.1) is 0 Å². The zero-order chi connectivity index (χ0) is 16.9. The van der Waals surface area contributed by atoms with Crippen molar-refractivity contribution >= 4 is 32.1 Å². The van der Waals surface area contributed by atoms with Crippen molar-refractivity contribution in [1.29, 1.82) is 0 Å². The molecule has 23 heavy (non-hydrogen) atoms. The third kappa shape index (κ3) is 2.78. The Morgan fingerprint density at radius 1 is 1.09 bits per heavy atom. The van der Waals surface area contributed by atoms with Crippen molar-refractivity contribution in [3.05, 3.63) is 53.6 Å².